The summed E-state index contributed by atoms with van der Waals surface area (Å²) in [6, 6.07) is 3.77. The van der Waals surface area contributed by atoms with E-state index in [0.29, 0.717) is 12.0 Å². The molecule has 2 nitrogen and oxygen atoms in total. The summed E-state index contributed by atoms with van der Waals surface area (Å²) in [5.74, 6) is -0.981. The summed E-state index contributed by atoms with van der Waals surface area (Å²) >= 11 is 0. The molecule has 1 N–H and O–H groups in total. The highest BCUT2D eigenvalue weighted by Crippen LogP contribution is 2.10. The highest BCUT2D eigenvalue weighted by molar-refractivity contribution is 5.18. The van der Waals surface area contributed by atoms with Gasteiger partial charge in [0.2, 0.25) is 0 Å². The van der Waals surface area contributed by atoms with Gasteiger partial charge in [0, 0.05) is 31.2 Å². The molecular weight excluding hydrogens is 246 g/mol. The van der Waals surface area contributed by atoms with E-state index >= 15 is 0 Å². The van der Waals surface area contributed by atoms with E-state index in [2.05, 4.69) is 31.0 Å². The molecule has 0 saturated carbocycles. The van der Waals surface area contributed by atoms with Crippen molar-refractivity contribution in [2.45, 2.75) is 32.7 Å². The fourth-order valence-electron chi connectivity index (χ4n) is 1.77. The van der Waals surface area contributed by atoms with Crippen molar-refractivity contribution in [3.63, 3.8) is 0 Å². The number of likely N-dealkylation sites (N-methyl/N-ethyl adjacent to an activating group) is 1. The summed E-state index contributed by atoms with van der Waals surface area (Å²) in [6.45, 7) is 8.93. The van der Waals surface area contributed by atoms with Gasteiger partial charge in [-0.05, 0) is 45.9 Å². The Morgan fingerprint density at radius 3 is 2.42 bits per heavy atom. The van der Waals surface area contributed by atoms with E-state index < -0.39 is 11.6 Å². The second-order valence-corrected chi connectivity index (χ2v) is 5.97. The van der Waals surface area contributed by atoms with E-state index in [1.165, 1.54) is 12.1 Å². The van der Waals surface area contributed by atoms with Crippen LogP contribution in [0.5, 0.6) is 0 Å². The van der Waals surface area contributed by atoms with Crippen molar-refractivity contribution in [3.8, 4) is 0 Å². The van der Waals surface area contributed by atoms with Crippen LogP contribution in [-0.4, -0.2) is 37.1 Å². The topological polar surface area (TPSA) is 15.3 Å². The van der Waals surface area contributed by atoms with E-state index in [0.717, 1.165) is 25.7 Å². The third-order valence-electron chi connectivity index (χ3n) is 2.93. The van der Waals surface area contributed by atoms with Crippen LogP contribution >= 0.6 is 0 Å². The van der Waals surface area contributed by atoms with Crippen molar-refractivity contribution < 1.29 is 8.78 Å². The van der Waals surface area contributed by atoms with Crippen LogP contribution in [0.4, 0.5) is 8.78 Å². The van der Waals surface area contributed by atoms with Crippen molar-refractivity contribution in [1.82, 2.24) is 10.2 Å². The molecular formula is C15H24F2N2. The molecule has 0 aliphatic rings. The third-order valence-corrected chi connectivity index (χ3v) is 2.93. The molecule has 0 bridgehead atoms. The van der Waals surface area contributed by atoms with Gasteiger partial charge in [-0.15, -0.1) is 0 Å². The number of hydrogen-bond donors (Lipinski definition) is 1. The van der Waals surface area contributed by atoms with E-state index in [1.807, 2.05) is 7.05 Å². The molecule has 108 valence electrons. The molecule has 19 heavy (non-hydrogen) atoms. The maximum Gasteiger partial charge on any atom is 0.129 e. The molecule has 0 heterocycles. The summed E-state index contributed by atoms with van der Waals surface area (Å²) in [5.41, 5.74) is 0.682. The van der Waals surface area contributed by atoms with Crippen LogP contribution in [0.15, 0.2) is 18.2 Å². The number of nitrogens with zero attached hydrogens (tertiary/aromatic N) is 1. The Morgan fingerprint density at radius 1 is 1.16 bits per heavy atom. The lowest BCUT2D eigenvalue weighted by atomic mass is 10.1. The summed E-state index contributed by atoms with van der Waals surface area (Å²) in [6.07, 6.45) is 0.595. The monoisotopic (exact) mass is 270 g/mol. The lowest BCUT2D eigenvalue weighted by Gasteiger charge is -2.23. The molecule has 4 heteroatoms. The molecule has 0 amide bonds. The summed E-state index contributed by atoms with van der Waals surface area (Å²) in [7, 11) is 2.01. The van der Waals surface area contributed by atoms with Crippen molar-refractivity contribution in [3.05, 3.63) is 35.4 Å². The predicted molar refractivity (Wildman–Crippen MR) is 75.3 cm³/mol. The number of halogens is 2. The van der Waals surface area contributed by atoms with Crippen molar-refractivity contribution in [2.75, 3.05) is 26.7 Å². The average Bonchev–Trinajstić information content (AvgIpc) is 2.26. The van der Waals surface area contributed by atoms with Gasteiger partial charge >= 0.3 is 0 Å². The first kappa shape index (κ1) is 16.1. The highest BCUT2D eigenvalue weighted by Gasteiger charge is 2.09. The molecule has 0 unspecified atom stereocenters. The Balaban J connectivity index is 2.32. The Morgan fingerprint density at radius 2 is 1.84 bits per heavy atom. The Kier molecular flexibility index (Phi) is 5.88. The van der Waals surface area contributed by atoms with Gasteiger partial charge < -0.3 is 10.2 Å². The fourth-order valence-corrected chi connectivity index (χ4v) is 1.77. The maximum atomic E-state index is 13.4. The summed E-state index contributed by atoms with van der Waals surface area (Å²) < 4.78 is 26.2. The highest BCUT2D eigenvalue weighted by atomic mass is 19.1. The number of benzene rings is 1. The van der Waals surface area contributed by atoms with Gasteiger partial charge in [-0.3, -0.25) is 0 Å². The van der Waals surface area contributed by atoms with Gasteiger partial charge in [-0.2, -0.15) is 0 Å². The SMILES string of the molecule is CN(CCNC(C)(C)C)CCc1ccc(F)cc1F. The molecule has 0 fully saturated rings. The quantitative estimate of drug-likeness (QED) is 0.855. The van der Waals surface area contributed by atoms with E-state index in [-0.39, 0.29) is 5.54 Å². The first-order chi connectivity index (χ1) is 8.78. The molecule has 0 saturated heterocycles. The maximum absolute atomic E-state index is 13.4. The Labute approximate surface area is 114 Å². The second-order valence-electron chi connectivity index (χ2n) is 5.97. The van der Waals surface area contributed by atoms with E-state index in [4.69, 9.17) is 0 Å². The molecule has 0 radical (unpaired) electrons. The molecule has 0 aromatic heterocycles. The summed E-state index contributed by atoms with van der Waals surface area (Å²) in [5, 5.41) is 3.40. The molecule has 1 rings (SSSR count). The van der Waals surface area contributed by atoms with Crippen molar-refractivity contribution in [2.24, 2.45) is 0 Å². The molecule has 0 aliphatic heterocycles. The summed E-state index contributed by atoms with van der Waals surface area (Å²) in [4.78, 5) is 2.14. The lowest BCUT2D eigenvalue weighted by Crippen LogP contribution is -2.40. The number of hydrogen-bond acceptors (Lipinski definition) is 2. The van der Waals surface area contributed by atoms with Crippen LogP contribution in [0.3, 0.4) is 0 Å². The number of nitrogens with one attached hydrogen (secondary N) is 1. The van der Waals surface area contributed by atoms with Crippen LogP contribution in [0.25, 0.3) is 0 Å². The smallest absolute Gasteiger partial charge is 0.129 e. The van der Waals surface area contributed by atoms with Crippen molar-refractivity contribution in [1.29, 1.82) is 0 Å². The van der Waals surface area contributed by atoms with E-state index in [9.17, 15) is 8.78 Å². The van der Waals surface area contributed by atoms with Gasteiger partial charge in [0.25, 0.3) is 0 Å². The first-order valence-corrected chi connectivity index (χ1v) is 6.65. The lowest BCUT2D eigenvalue weighted by molar-refractivity contribution is 0.311. The normalized spacial score (nSPS) is 12.2. The van der Waals surface area contributed by atoms with Gasteiger partial charge in [0.05, 0.1) is 0 Å². The minimum absolute atomic E-state index is 0.115. The zero-order valence-corrected chi connectivity index (χ0v) is 12.3. The molecule has 0 aliphatic carbocycles. The predicted octanol–water partition coefficient (Wildman–Crippen LogP) is 2.83. The van der Waals surface area contributed by atoms with E-state index in [1.54, 1.807) is 0 Å². The van der Waals surface area contributed by atoms with Gasteiger partial charge in [0.1, 0.15) is 11.6 Å². The molecule has 1 aromatic rings. The first-order valence-electron chi connectivity index (χ1n) is 6.65. The minimum Gasteiger partial charge on any atom is -0.311 e. The Hall–Kier alpha value is -1.00. The van der Waals surface area contributed by atoms with Gasteiger partial charge in [-0.25, -0.2) is 8.78 Å². The molecule has 0 atom stereocenters. The average molecular weight is 270 g/mol. The van der Waals surface area contributed by atoms with Crippen LogP contribution in [0, 0.1) is 11.6 Å². The largest absolute Gasteiger partial charge is 0.311 e. The van der Waals surface area contributed by atoms with Crippen LogP contribution in [-0.2, 0) is 6.42 Å². The fraction of sp³-hybridized carbons (Fsp3) is 0.600. The minimum atomic E-state index is -0.524. The molecule has 1 aromatic carbocycles. The standard InChI is InChI=1S/C15H24F2N2/c1-15(2,3)18-8-10-19(4)9-7-12-5-6-13(16)11-14(12)17/h5-6,11,18H,7-10H2,1-4H3. The van der Waals surface area contributed by atoms with Crippen LogP contribution in [0.1, 0.15) is 26.3 Å². The zero-order chi connectivity index (χ0) is 14.5. The van der Waals surface area contributed by atoms with Crippen LogP contribution in [0.2, 0.25) is 0 Å². The van der Waals surface area contributed by atoms with Crippen LogP contribution < -0.4 is 5.32 Å². The third kappa shape index (κ3) is 6.64. The number of rotatable bonds is 6. The second kappa shape index (κ2) is 6.96. The zero-order valence-electron chi connectivity index (χ0n) is 12.3. The van der Waals surface area contributed by atoms with Gasteiger partial charge in [0.15, 0.2) is 0 Å². The Bertz CT molecular complexity index is 400. The molecule has 0 spiro atoms. The van der Waals surface area contributed by atoms with Gasteiger partial charge in [-0.1, -0.05) is 6.07 Å². The van der Waals surface area contributed by atoms with Crippen molar-refractivity contribution >= 4 is 0 Å².